The Balaban J connectivity index is 2.20. The monoisotopic (exact) mass is 344 g/mol. The molecule has 0 aliphatic heterocycles. The van der Waals surface area contributed by atoms with Crippen LogP contribution in [0.25, 0.3) is 0 Å². The second kappa shape index (κ2) is 8.82. The summed E-state index contributed by atoms with van der Waals surface area (Å²) in [5.74, 6) is 0.534. The Bertz CT molecular complexity index is 758. The molecule has 0 unspecified atom stereocenters. The Labute approximate surface area is 146 Å². The summed E-state index contributed by atoms with van der Waals surface area (Å²) in [6.45, 7) is 6.61. The second-order valence-corrected chi connectivity index (χ2v) is 5.17. The smallest absolute Gasteiger partial charge is 0.271 e. The average Bonchev–Trinajstić information content (AvgIpc) is 2.61. The first-order chi connectivity index (χ1) is 12.0. The maximum atomic E-state index is 12.9. The van der Waals surface area contributed by atoms with Gasteiger partial charge in [-0.3, -0.25) is 4.79 Å². The number of benzene rings is 2. The molecule has 2 aromatic rings. The Hall–Kier alpha value is -2.89. The molecule has 1 N–H and O–H groups in total. The standard InChI is InChI=1S/C19H21FN2O3/c1-4-24-16-10-11-18(25-5-2)17(12-16)13(3)21-22-19(23)14-6-8-15(20)9-7-14/h6-12H,4-5H2,1-3H3,(H,22,23)/b21-13-. The summed E-state index contributed by atoms with van der Waals surface area (Å²) in [7, 11) is 0. The number of hydrogen-bond donors (Lipinski definition) is 1. The predicted molar refractivity (Wildman–Crippen MR) is 94.9 cm³/mol. The van der Waals surface area contributed by atoms with Crippen LogP contribution in [0.15, 0.2) is 47.6 Å². The number of hydrogen-bond acceptors (Lipinski definition) is 4. The van der Waals surface area contributed by atoms with Crippen LogP contribution in [0.1, 0.15) is 36.7 Å². The summed E-state index contributed by atoms with van der Waals surface area (Å²) < 4.78 is 24.0. The Morgan fingerprint density at radius 1 is 1.08 bits per heavy atom. The zero-order valence-electron chi connectivity index (χ0n) is 14.5. The van der Waals surface area contributed by atoms with Gasteiger partial charge >= 0.3 is 0 Å². The molecule has 1 amide bonds. The molecular formula is C19H21FN2O3. The molecule has 0 bridgehead atoms. The molecule has 0 aromatic heterocycles. The second-order valence-electron chi connectivity index (χ2n) is 5.17. The molecule has 0 saturated heterocycles. The molecular weight excluding hydrogens is 323 g/mol. The number of ether oxygens (including phenoxy) is 2. The summed E-state index contributed by atoms with van der Waals surface area (Å²) in [6, 6.07) is 10.7. The lowest BCUT2D eigenvalue weighted by Gasteiger charge is -2.12. The molecule has 0 spiro atoms. The van der Waals surface area contributed by atoms with Crippen molar-refractivity contribution in [1.82, 2.24) is 5.43 Å². The largest absolute Gasteiger partial charge is 0.494 e. The average molecular weight is 344 g/mol. The highest BCUT2D eigenvalue weighted by atomic mass is 19.1. The van der Waals surface area contributed by atoms with Crippen molar-refractivity contribution in [2.45, 2.75) is 20.8 Å². The van der Waals surface area contributed by atoms with E-state index in [0.29, 0.717) is 36.0 Å². The van der Waals surface area contributed by atoms with Gasteiger partial charge in [0.1, 0.15) is 17.3 Å². The van der Waals surface area contributed by atoms with Gasteiger partial charge in [-0.2, -0.15) is 5.10 Å². The zero-order valence-corrected chi connectivity index (χ0v) is 14.5. The SMILES string of the molecule is CCOc1ccc(OCC)c(/C(C)=N\NC(=O)c2ccc(F)cc2)c1. The van der Waals surface area contributed by atoms with Gasteiger partial charge in [-0.1, -0.05) is 0 Å². The van der Waals surface area contributed by atoms with Gasteiger partial charge in [-0.15, -0.1) is 0 Å². The first-order valence-corrected chi connectivity index (χ1v) is 8.05. The number of rotatable bonds is 7. The number of nitrogens with zero attached hydrogens (tertiary/aromatic N) is 1. The van der Waals surface area contributed by atoms with Crippen molar-refractivity contribution in [3.8, 4) is 11.5 Å². The third kappa shape index (κ3) is 5.04. The van der Waals surface area contributed by atoms with E-state index in [4.69, 9.17) is 9.47 Å². The van der Waals surface area contributed by atoms with Gasteiger partial charge in [0.05, 0.1) is 18.9 Å². The van der Waals surface area contributed by atoms with E-state index in [1.165, 1.54) is 24.3 Å². The molecule has 2 aromatic carbocycles. The molecule has 0 heterocycles. The third-order valence-corrected chi connectivity index (χ3v) is 3.38. The van der Waals surface area contributed by atoms with E-state index >= 15 is 0 Å². The van der Waals surface area contributed by atoms with Gasteiger partial charge in [0.2, 0.25) is 0 Å². The maximum Gasteiger partial charge on any atom is 0.271 e. The van der Waals surface area contributed by atoms with Crippen molar-refractivity contribution >= 4 is 11.6 Å². The van der Waals surface area contributed by atoms with Gasteiger partial charge in [-0.25, -0.2) is 9.82 Å². The molecule has 0 radical (unpaired) electrons. The van der Waals surface area contributed by atoms with Gasteiger partial charge in [0, 0.05) is 11.1 Å². The highest BCUT2D eigenvalue weighted by Crippen LogP contribution is 2.25. The summed E-state index contributed by atoms with van der Waals surface area (Å²) in [5, 5.41) is 4.13. The van der Waals surface area contributed by atoms with E-state index in [-0.39, 0.29) is 0 Å². The van der Waals surface area contributed by atoms with Crippen molar-refractivity contribution in [3.63, 3.8) is 0 Å². The zero-order chi connectivity index (χ0) is 18.2. The number of amides is 1. The highest BCUT2D eigenvalue weighted by Gasteiger charge is 2.10. The lowest BCUT2D eigenvalue weighted by Crippen LogP contribution is -2.19. The van der Waals surface area contributed by atoms with Crippen LogP contribution in [0, 0.1) is 5.82 Å². The fourth-order valence-electron chi connectivity index (χ4n) is 2.19. The summed E-state index contributed by atoms with van der Waals surface area (Å²) in [6.07, 6.45) is 0. The number of halogens is 1. The van der Waals surface area contributed by atoms with Crippen LogP contribution in [0.3, 0.4) is 0 Å². The highest BCUT2D eigenvalue weighted by molar-refractivity contribution is 6.03. The van der Waals surface area contributed by atoms with Crippen LogP contribution >= 0.6 is 0 Å². The van der Waals surface area contributed by atoms with Crippen LogP contribution in [0.4, 0.5) is 4.39 Å². The van der Waals surface area contributed by atoms with E-state index in [0.717, 1.165) is 5.56 Å². The third-order valence-electron chi connectivity index (χ3n) is 3.38. The molecule has 6 heteroatoms. The molecule has 2 rings (SSSR count). The molecule has 0 aliphatic carbocycles. The van der Waals surface area contributed by atoms with Crippen molar-refractivity contribution in [2.24, 2.45) is 5.10 Å². The number of nitrogens with one attached hydrogen (secondary N) is 1. The topological polar surface area (TPSA) is 59.9 Å². The normalized spacial score (nSPS) is 11.1. The van der Waals surface area contributed by atoms with Crippen LogP contribution in [0.2, 0.25) is 0 Å². The first kappa shape index (κ1) is 18.4. The van der Waals surface area contributed by atoms with Gasteiger partial charge in [0.15, 0.2) is 0 Å². The van der Waals surface area contributed by atoms with E-state index < -0.39 is 11.7 Å². The lowest BCUT2D eigenvalue weighted by atomic mass is 10.1. The van der Waals surface area contributed by atoms with Crippen molar-refractivity contribution < 1.29 is 18.7 Å². The van der Waals surface area contributed by atoms with Crippen LogP contribution < -0.4 is 14.9 Å². The lowest BCUT2D eigenvalue weighted by molar-refractivity contribution is 0.0954. The fraction of sp³-hybridized carbons (Fsp3) is 0.263. The molecule has 0 atom stereocenters. The Kier molecular flexibility index (Phi) is 6.51. The van der Waals surface area contributed by atoms with E-state index in [2.05, 4.69) is 10.5 Å². The number of carbonyl (C=O) groups is 1. The Morgan fingerprint density at radius 3 is 2.40 bits per heavy atom. The van der Waals surface area contributed by atoms with Gasteiger partial charge in [-0.05, 0) is 63.2 Å². The molecule has 5 nitrogen and oxygen atoms in total. The van der Waals surface area contributed by atoms with Crippen LogP contribution in [-0.2, 0) is 0 Å². The van der Waals surface area contributed by atoms with Crippen molar-refractivity contribution in [3.05, 3.63) is 59.4 Å². The predicted octanol–water partition coefficient (Wildman–Crippen LogP) is 3.78. The van der Waals surface area contributed by atoms with Crippen molar-refractivity contribution in [1.29, 1.82) is 0 Å². The van der Waals surface area contributed by atoms with Crippen LogP contribution in [0.5, 0.6) is 11.5 Å². The minimum atomic E-state index is -0.418. The first-order valence-electron chi connectivity index (χ1n) is 8.05. The van der Waals surface area contributed by atoms with Gasteiger partial charge < -0.3 is 9.47 Å². The maximum absolute atomic E-state index is 12.9. The fourth-order valence-corrected chi connectivity index (χ4v) is 2.19. The molecule has 132 valence electrons. The summed E-state index contributed by atoms with van der Waals surface area (Å²) in [4.78, 5) is 12.1. The number of carbonyl (C=O) groups excluding carboxylic acids is 1. The molecule has 0 aliphatic rings. The molecule has 0 fully saturated rings. The van der Waals surface area contributed by atoms with E-state index in [9.17, 15) is 9.18 Å². The van der Waals surface area contributed by atoms with E-state index in [1.54, 1.807) is 6.92 Å². The minimum absolute atomic E-state index is 0.325. The van der Waals surface area contributed by atoms with E-state index in [1.807, 2.05) is 32.0 Å². The Morgan fingerprint density at radius 2 is 1.76 bits per heavy atom. The summed E-state index contributed by atoms with van der Waals surface area (Å²) in [5.41, 5.74) is 4.09. The number of hydrazone groups is 1. The summed E-state index contributed by atoms with van der Waals surface area (Å²) >= 11 is 0. The van der Waals surface area contributed by atoms with Gasteiger partial charge in [0.25, 0.3) is 5.91 Å². The van der Waals surface area contributed by atoms with Crippen molar-refractivity contribution in [2.75, 3.05) is 13.2 Å². The molecule has 25 heavy (non-hydrogen) atoms. The molecule has 0 saturated carbocycles. The quantitative estimate of drug-likeness (QED) is 0.614. The minimum Gasteiger partial charge on any atom is -0.494 e. The van der Waals surface area contributed by atoms with Crippen LogP contribution in [-0.4, -0.2) is 24.8 Å².